The van der Waals surface area contributed by atoms with Gasteiger partial charge in [-0.1, -0.05) is 23.2 Å². The maximum absolute atomic E-state index is 12.1. The Kier molecular flexibility index (Phi) is 5.78. The van der Waals surface area contributed by atoms with Crippen molar-refractivity contribution in [3.63, 3.8) is 0 Å². The number of esters is 2. The highest BCUT2D eigenvalue weighted by atomic mass is 35.5. The second kappa shape index (κ2) is 7.81. The van der Waals surface area contributed by atoms with Crippen molar-refractivity contribution in [1.29, 1.82) is 0 Å². The van der Waals surface area contributed by atoms with Gasteiger partial charge in [0, 0.05) is 22.7 Å². The summed E-state index contributed by atoms with van der Waals surface area (Å²) in [5.41, 5.74) is 0.597. The number of hydrogen-bond donors (Lipinski definition) is 1. The second-order valence-corrected chi connectivity index (χ2v) is 5.45. The first-order valence-electron chi connectivity index (χ1n) is 6.61. The van der Waals surface area contributed by atoms with E-state index in [1.807, 2.05) is 0 Å². The molecular weight excluding hydrogens is 357 g/mol. The number of rotatable bonds is 3. The first-order chi connectivity index (χ1) is 11.3. The van der Waals surface area contributed by atoms with E-state index in [-0.39, 0.29) is 11.3 Å². The summed E-state index contributed by atoms with van der Waals surface area (Å²) in [5.74, 6) is -1.14. The van der Waals surface area contributed by atoms with Crippen LogP contribution >= 0.6 is 23.2 Å². The Hall–Kier alpha value is -2.57. The first kappa shape index (κ1) is 17.8. The molecule has 24 heavy (non-hydrogen) atoms. The van der Waals surface area contributed by atoms with E-state index >= 15 is 0 Å². The molecule has 1 amide bonds. The predicted octanol–water partition coefficient (Wildman–Crippen LogP) is 4.31. The molecule has 0 aliphatic carbocycles. The Morgan fingerprint density at radius 3 is 2.08 bits per heavy atom. The molecule has 0 unspecified atom stereocenters. The quantitative estimate of drug-likeness (QED) is 0.496. The Labute approximate surface area is 147 Å². The molecular formula is C16H11Cl2NO5. The van der Waals surface area contributed by atoms with Crippen LogP contribution in [0.2, 0.25) is 10.0 Å². The molecule has 2 rings (SSSR count). The van der Waals surface area contributed by atoms with Crippen molar-refractivity contribution < 1.29 is 23.9 Å². The lowest BCUT2D eigenvalue weighted by atomic mass is 10.2. The molecule has 0 heterocycles. The number of ether oxygens (including phenoxy) is 2. The molecule has 0 radical (unpaired) electrons. The zero-order valence-electron chi connectivity index (χ0n) is 12.3. The van der Waals surface area contributed by atoms with Crippen LogP contribution in [-0.2, 0) is 9.53 Å². The molecule has 2 aromatic rings. The van der Waals surface area contributed by atoms with Crippen LogP contribution in [0.5, 0.6) is 5.75 Å². The molecule has 6 nitrogen and oxygen atoms in total. The molecule has 0 atom stereocenters. The van der Waals surface area contributed by atoms with E-state index in [2.05, 4.69) is 10.1 Å². The largest absolute Gasteiger partial charge is 0.423 e. The summed E-state index contributed by atoms with van der Waals surface area (Å²) in [6, 6.07) is 10.2. The molecule has 0 spiro atoms. The van der Waals surface area contributed by atoms with Gasteiger partial charge < -0.3 is 9.47 Å². The number of halogens is 2. The van der Waals surface area contributed by atoms with E-state index in [0.29, 0.717) is 15.7 Å². The number of carbonyl (C=O) groups excluding carboxylic acids is 3. The van der Waals surface area contributed by atoms with Crippen LogP contribution in [0.15, 0.2) is 42.5 Å². The molecule has 124 valence electrons. The molecule has 2 aromatic carbocycles. The van der Waals surface area contributed by atoms with Crippen molar-refractivity contribution in [2.45, 2.75) is 6.92 Å². The van der Waals surface area contributed by atoms with Crippen molar-refractivity contribution in [1.82, 2.24) is 0 Å². The minimum atomic E-state index is -0.911. The highest BCUT2D eigenvalue weighted by Crippen LogP contribution is 2.25. The van der Waals surface area contributed by atoms with Crippen LogP contribution in [0, 0.1) is 0 Å². The number of nitrogens with one attached hydrogen (secondary N) is 1. The summed E-state index contributed by atoms with van der Waals surface area (Å²) in [7, 11) is 0. The van der Waals surface area contributed by atoms with Crippen molar-refractivity contribution >= 4 is 46.9 Å². The average molecular weight is 368 g/mol. The van der Waals surface area contributed by atoms with E-state index in [4.69, 9.17) is 27.9 Å². The van der Waals surface area contributed by atoms with Crippen molar-refractivity contribution in [3.05, 3.63) is 58.1 Å². The molecule has 0 bridgehead atoms. The highest BCUT2D eigenvalue weighted by molar-refractivity contribution is 6.34. The van der Waals surface area contributed by atoms with Gasteiger partial charge in [-0.3, -0.25) is 10.1 Å². The molecule has 1 N–H and O–H groups in total. The number of carbonyl (C=O) groups is 3. The molecule has 0 saturated heterocycles. The van der Waals surface area contributed by atoms with Gasteiger partial charge in [-0.05, 0) is 42.5 Å². The van der Waals surface area contributed by atoms with Crippen LogP contribution in [0.1, 0.15) is 17.3 Å². The average Bonchev–Trinajstić information content (AvgIpc) is 2.45. The monoisotopic (exact) mass is 367 g/mol. The third kappa shape index (κ3) is 5.26. The maximum Gasteiger partial charge on any atom is 0.419 e. The molecule has 0 aliphatic rings. The molecule has 0 saturated carbocycles. The summed E-state index contributed by atoms with van der Waals surface area (Å²) in [6.45, 7) is 1.11. The van der Waals surface area contributed by atoms with Gasteiger partial charge in [-0.25, -0.2) is 9.59 Å². The van der Waals surface area contributed by atoms with Gasteiger partial charge in [0.25, 0.3) is 0 Å². The lowest BCUT2D eigenvalue weighted by molar-refractivity contribution is -0.134. The van der Waals surface area contributed by atoms with E-state index in [1.54, 1.807) is 0 Å². The fourth-order valence-corrected chi connectivity index (χ4v) is 2.22. The van der Waals surface area contributed by atoms with Crippen LogP contribution in [0.25, 0.3) is 0 Å². The van der Waals surface area contributed by atoms with Gasteiger partial charge in [0.1, 0.15) is 5.75 Å². The van der Waals surface area contributed by atoms with Gasteiger partial charge in [-0.2, -0.15) is 0 Å². The normalized spacial score (nSPS) is 9.96. The third-order valence-electron chi connectivity index (χ3n) is 2.65. The van der Waals surface area contributed by atoms with Crippen LogP contribution in [0.4, 0.5) is 10.5 Å². The van der Waals surface area contributed by atoms with Gasteiger partial charge in [0.2, 0.25) is 0 Å². The minimum Gasteiger partial charge on any atom is -0.423 e. The summed E-state index contributed by atoms with van der Waals surface area (Å²) in [4.78, 5) is 34.0. The van der Waals surface area contributed by atoms with Crippen molar-refractivity contribution in [2.75, 3.05) is 5.32 Å². The second-order valence-electron chi connectivity index (χ2n) is 4.58. The highest BCUT2D eigenvalue weighted by Gasteiger charge is 2.11. The number of benzene rings is 2. The number of hydrogen-bond acceptors (Lipinski definition) is 5. The predicted molar refractivity (Wildman–Crippen MR) is 88.6 cm³/mol. The van der Waals surface area contributed by atoms with Gasteiger partial charge in [0.15, 0.2) is 0 Å². The lowest BCUT2D eigenvalue weighted by Gasteiger charge is -2.07. The molecule has 0 aliphatic heterocycles. The zero-order chi connectivity index (χ0) is 17.7. The summed E-state index contributed by atoms with van der Waals surface area (Å²) in [5, 5.41) is 3.02. The Balaban J connectivity index is 2.03. The molecule has 0 fully saturated rings. The fourth-order valence-electron chi connectivity index (χ4n) is 1.72. The van der Waals surface area contributed by atoms with Crippen LogP contribution in [0.3, 0.4) is 0 Å². The van der Waals surface area contributed by atoms with E-state index in [9.17, 15) is 14.4 Å². The Morgan fingerprint density at radius 2 is 1.54 bits per heavy atom. The SMILES string of the molecule is CC(=O)OC(=O)Nc1ccc(C(=O)Oc2cc(Cl)cc(Cl)c2)cc1. The van der Waals surface area contributed by atoms with Crippen LogP contribution in [-0.4, -0.2) is 18.0 Å². The standard InChI is InChI=1S/C16H11Cl2NO5/c1-9(20)23-16(22)19-13-4-2-10(3-5-13)15(21)24-14-7-11(17)6-12(18)8-14/h2-8H,1H3,(H,19,22). The zero-order valence-corrected chi connectivity index (χ0v) is 13.9. The van der Waals surface area contributed by atoms with Crippen LogP contribution < -0.4 is 10.1 Å². The Morgan fingerprint density at radius 1 is 0.958 bits per heavy atom. The van der Waals surface area contributed by atoms with E-state index in [1.165, 1.54) is 42.5 Å². The van der Waals surface area contributed by atoms with Gasteiger partial charge in [-0.15, -0.1) is 0 Å². The van der Waals surface area contributed by atoms with Crippen molar-refractivity contribution in [2.24, 2.45) is 0 Å². The smallest absolute Gasteiger partial charge is 0.419 e. The maximum atomic E-state index is 12.1. The molecule has 0 aromatic heterocycles. The van der Waals surface area contributed by atoms with Crippen molar-refractivity contribution in [3.8, 4) is 5.75 Å². The van der Waals surface area contributed by atoms with Gasteiger partial charge in [0.05, 0.1) is 5.56 Å². The number of amides is 1. The molecule has 8 heteroatoms. The fraction of sp³-hybridized carbons (Fsp3) is 0.0625. The first-order valence-corrected chi connectivity index (χ1v) is 7.37. The minimum absolute atomic E-state index is 0.213. The summed E-state index contributed by atoms with van der Waals surface area (Å²) < 4.78 is 9.50. The topological polar surface area (TPSA) is 81.7 Å². The lowest BCUT2D eigenvalue weighted by Crippen LogP contribution is -2.16. The van der Waals surface area contributed by atoms with Gasteiger partial charge >= 0.3 is 18.0 Å². The summed E-state index contributed by atoms with van der Waals surface area (Å²) >= 11 is 11.7. The Bertz CT molecular complexity index is 769. The number of anilines is 1. The summed E-state index contributed by atoms with van der Waals surface area (Å²) in [6.07, 6.45) is -0.911. The van der Waals surface area contributed by atoms with E-state index < -0.39 is 18.0 Å². The van der Waals surface area contributed by atoms with E-state index in [0.717, 1.165) is 6.92 Å². The third-order valence-corrected chi connectivity index (χ3v) is 3.09.